The fourth-order valence-corrected chi connectivity index (χ4v) is 5.09. The van der Waals surface area contributed by atoms with Crippen LogP contribution in [-0.4, -0.2) is 73.6 Å². The number of carbonyl (C=O) groups excluding carboxylic acids is 2. The minimum atomic E-state index is -3.56. The number of rotatable bonds is 6. The van der Waals surface area contributed by atoms with Crippen LogP contribution in [0, 0.1) is 0 Å². The van der Waals surface area contributed by atoms with E-state index in [9.17, 15) is 18.0 Å². The number of hydrogen-bond acceptors (Lipinski definition) is 4. The van der Waals surface area contributed by atoms with Crippen molar-refractivity contribution in [1.29, 1.82) is 0 Å². The molecule has 2 amide bonds. The fraction of sp³-hybridized carbons (Fsp3) is 0.600. The molecular weight excluding hydrogens is 378 g/mol. The number of likely N-dealkylation sites (tertiary alicyclic amines) is 1. The predicted octanol–water partition coefficient (Wildman–Crippen LogP) is 1.66. The Morgan fingerprint density at radius 2 is 1.71 bits per heavy atom. The molecule has 1 aromatic carbocycles. The number of carbonyl (C=O) groups is 2. The summed E-state index contributed by atoms with van der Waals surface area (Å²) >= 11 is 0. The second-order valence-corrected chi connectivity index (χ2v) is 9.52. The van der Waals surface area contributed by atoms with Gasteiger partial charge in [-0.1, -0.05) is 26.0 Å². The molecule has 0 spiro atoms. The summed E-state index contributed by atoms with van der Waals surface area (Å²) in [5, 5.41) is 0. The van der Waals surface area contributed by atoms with Crippen LogP contribution < -0.4 is 0 Å². The van der Waals surface area contributed by atoms with Crippen LogP contribution in [0.4, 0.5) is 0 Å². The summed E-state index contributed by atoms with van der Waals surface area (Å²) in [7, 11) is -3.56. The first-order chi connectivity index (χ1) is 13.3. The van der Waals surface area contributed by atoms with Gasteiger partial charge in [0.2, 0.25) is 21.8 Å². The number of benzene rings is 1. The summed E-state index contributed by atoms with van der Waals surface area (Å²) in [6.45, 7) is 6.21. The molecule has 1 atom stereocenters. The lowest BCUT2D eigenvalue weighted by Crippen LogP contribution is -2.52. The van der Waals surface area contributed by atoms with Crippen LogP contribution in [0.2, 0.25) is 0 Å². The summed E-state index contributed by atoms with van der Waals surface area (Å²) in [6.07, 6.45) is 2.31. The van der Waals surface area contributed by atoms with E-state index >= 15 is 0 Å². The average Bonchev–Trinajstić information content (AvgIpc) is 3.12. The minimum absolute atomic E-state index is 0.0235. The van der Waals surface area contributed by atoms with Crippen molar-refractivity contribution in [3.8, 4) is 0 Å². The molecule has 7 nitrogen and oxygen atoms in total. The zero-order valence-corrected chi connectivity index (χ0v) is 17.5. The lowest BCUT2D eigenvalue weighted by molar-refractivity contribution is -0.139. The van der Waals surface area contributed by atoms with Gasteiger partial charge in [0.1, 0.15) is 0 Å². The molecule has 8 heteroatoms. The van der Waals surface area contributed by atoms with Gasteiger partial charge in [-0.25, -0.2) is 8.42 Å². The molecule has 154 valence electrons. The summed E-state index contributed by atoms with van der Waals surface area (Å²) in [6, 6.07) is 7.11. The molecule has 2 fully saturated rings. The molecule has 2 saturated heterocycles. The van der Waals surface area contributed by atoms with Crippen molar-refractivity contribution in [3.05, 3.63) is 29.8 Å². The van der Waals surface area contributed by atoms with Gasteiger partial charge in [0.05, 0.1) is 11.4 Å². The van der Waals surface area contributed by atoms with Gasteiger partial charge in [-0.15, -0.1) is 0 Å². The Bertz CT molecular complexity index is 814. The van der Waals surface area contributed by atoms with Gasteiger partial charge in [-0.3, -0.25) is 9.59 Å². The van der Waals surface area contributed by atoms with E-state index in [1.165, 1.54) is 4.31 Å². The van der Waals surface area contributed by atoms with Crippen LogP contribution in [0.15, 0.2) is 29.2 Å². The van der Waals surface area contributed by atoms with Crippen molar-refractivity contribution in [1.82, 2.24) is 14.1 Å². The Balaban J connectivity index is 1.58. The van der Waals surface area contributed by atoms with Gasteiger partial charge in [0, 0.05) is 39.1 Å². The lowest BCUT2D eigenvalue weighted by Gasteiger charge is -2.34. The monoisotopic (exact) mass is 407 g/mol. The van der Waals surface area contributed by atoms with E-state index in [0.717, 1.165) is 18.4 Å². The molecular formula is C20H29N3O4S. The zero-order chi connectivity index (χ0) is 20.3. The van der Waals surface area contributed by atoms with Gasteiger partial charge in [0.25, 0.3) is 0 Å². The molecule has 28 heavy (non-hydrogen) atoms. The highest BCUT2D eigenvalue weighted by atomic mass is 32.2. The Morgan fingerprint density at radius 1 is 1.07 bits per heavy atom. The minimum Gasteiger partial charge on any atom is -0.339 e. The Hall–Kier alpha value is -1.93. The van der Waals surface area contributed by atoms with E-state index < -0.39 is 10.0 Å². The molecule has 0 radical (unpaired) electrons. The van der Waals surface area contributed by atoms with Crippen LogP contribution in [-0.2, 0) is 19.6 Å². The third kappa shape index (κ3) is 4.38. The van der Waals surface area contributed by atoms with E-state index in [2.05, 4.69) is 13.8 Å². The smallest absolute Gasteiger partial charge is 0.243 e. The normalized spacial score (nSPS) is 19.9. The molecule has 2 heterocycles. The molecule has 3 rings (SSSR count). The summed E-state index contributed by atoms with van der Waals surface area (Å²) in [4.78, 5) is 27.6. The molecule has 1 aromatic rings. The van der Waals surface area contributed by atoms with E-state index in [-0.39, 0.29) is 31.4 Å². The number of nitrogens with zero attached hydrogens (tertiary/aromatic N) is 3. The Kier molecular flexibility index (Phi) is 6.40. The van der Waals surface area contributed by atoms with E-state index in [1.807, 2.05) is 12.1 Å². The molecule has 2 aliphatic rings. The SMILES string of the molecule is CC[C@@H](C)c1ccc(S(=O)(=O)N2CCN(C(=O)CN3CCCC3=O)CC2)cc1. The second kappa shape index (κ2) is 8.61. The van der Waals surface area contributed by atoms with Crippen molar-refractivity contribution in [2.45, 2.75) is 43.9 Å². The molecule has 2 aliphatic heterocycles. The van der Waals surface area contributed by atoms with Gasteiger partial charge < -0.3 is 9.80 Å². The molecule has 0 aromatic heterocycles. The molecule has 0 saturated carbocycles. The van der Waals surface area contributed by atoms with Crippen molar-refractivity contribution >= 4 is 21.8 Å². The van der Waals surface area contributed by atoms with Crippen molar-refractivity contribution in [3.63, 3.8) is 0 Å². The Labute approximate surface area is 167 Å². The standard InChI is InChI=1S/C20H29N3O4S/c1-3-16(2)17-6-8-18(9-7-17)28(26,27)23-13-11-21(12-14-23)20(25)15-22-10-4-5-19(22)24/h6-9,16H,3-5,10-15H2,1-2H3/t16-/m1/s1. The zero-order valence-electron chi connectivity index (χ0n) is 16.6. The van der Waals surface area contributed by atoms with Crippen LogP contribution in [0.5, 0.6) is 0 Å². The largest absolute Gasteiger partial charge is 0.339 e. The quantitative estimate of drug-likeness (QED) is 0.718. The average molecular weight is 408 g/mol. The van der Waals surface area contributed by atoms with Crippen molar-refractivity contribution in [2.24, 2.45) is 0 Å². The third-order valence-corrected chi connectivity index (χ3v) is 7.70. The number of amides is 2. The van der Waals surface area contributed by atoms with Gasteiger partial charge in [-0.05, 0) is 36.5 Å². The van der Waals surface area contributed by atoms with Crippen LogP contribution in [0.3, 0.4) is 0 Å². The maximum Gasteiger partial charge on any atom is 0.243 e. The van der Waals surface area contributed by atoms with Crippen LogP contribution >= 0.6 is 0 Å². The fourth-order valence-electron chi connectivity index (χ4n) is 3.67. The maximum absolute atomic E-state index is 12.9. The maximum atomic E-state index is 12.9. The first-order valence-electron chi connectivity index (χ1n) is 9.98. The first-order valence-corrected chi connectivity index (χ1v) is 11.4. The Morgan fingerprint density at radius 3 is 2.25 bits per heavy atom. The molecule has 0 N–H and O–H groups in total. The van der Waals surface area contributed by atoms with Crippen LogP contribution in [0.25, 0.3) is 0 Å². The first kappa shape index (κ1) is 20.8. The highest BCUT2D eigenvalue weighted by Gasteiger charge is 2.31. The summed E-state index contributed by atoms with van der Waals surface area (Å²) in [5.74, 6) is 0.314. The second-order valence-electron chi connectivity index (χ2n) is 7.58. The van der Waals surface area contributed by atoms with Gasteiger partial charge in [-0.2, -0.15) is 4.31 Å². The molecule has 0 unspecified atom stereocenters. The highest BCUT2D eigenvalue weighted by molar-refractivity contribution is 7.89. The van der Waals surface area contributed by atoms with E-state index in [4.69, 9.17) is 0 Å². The lowest BCUT2D eigenvalue weighted by atomic mass is 9.99. The molecule has 0 bridgehead atoms. The van der Waals surface area contributed by atoms with E-state index in [0.29, 0.717) is 36.9 Å². The van der Waals surface area contributed by atoms with Gasteiger partial charge in [0.15, 0.2) is 0 Å². The molecule has 0 aliphatic carbocycles. The highest BCUT2D eigenvalue weighted by Crippen LogP contribution is 2.23. The van der Waals surface area contributed by atoms with Crippen molar-refractivity contribution in [2.75, 3.05) is 39.3 Å². The third-order valence-electron chi connectivity index (χ3n) is 5.79. The summed E-state index contributed by atoms with van der Waals surface area (Å²) < 4.78 is 27.3. The van der Waals surface area contributed by atoms with Gasteiger partial charge >= 0.3 is 0 Å². The summed E-state index contributed by atoms with van der Waals surface area (Å²) in [5.41, 5.74) is 1.13. The number of sulfonamides is 1. The van der Waals surface area contributed by atoms with Crippen molar-refractivity contribution < 1.29 is 18.0 Å². The predicted molar refractivity (Wildman–Crippen MR) is 106 cm³/mol. The van der Waals surface area contributed by atoms with E-state index in [1.54, 1.807) is 21.9 Å². The number of piperazine rings is 1. The topological polar surface area (TPSA) is 78.0 Å². The number of hydrogen-bond donors (Lipinski definition) is 0. The van der Waals surface area contributed by atoms with Crippen LogP contribution in [0.1, 0.15) is 44.6 Å².